The first-order valence-electron chi connectivity index (χ1n) is 17.1. The van der Waals surface area contributed by atoms with Crippen molar-refractivity contribution in [1.29, 1.82) is 0 Å². The van der Waals surface area contributed by atoms with Gasteiger partial charge in [0.1, 0.15) is 6.10 Å². The van der Waals surface area contributed by atoms with Gasteiger partial charge in [-0.3, -0.25) is 14.4 Å². The maximum atomic E-state index is 14.6. The van der Waals surface area contributed by atoms with E-state index in [9.17, 15) is 27.6 Å². The van der Waals surface area contributed by atoms with E-state index >= 15 is 0 Å². The molecule has 9 atom stereocenters. The summed E-state index contributed by atoms with van der Waals surface area (Å²) in [5.41, 5.74) is -1.14. The van der Waals surface area contributed by atoms with Crippen LogP contribution in [0, 0.1) is 50.2 Å². The molecule has 6 rings (SSSR count). The molecule has 0 N–H and O–H groups in total. The highest BCUT2D eigenvalue weighted by molar-refractivity contribution is 5.95. The van der Waals surface area contributed by atoms with Crippen LogP contribution in [0.15, 0.2) is 11.6 Å². The Bertz CT molecular complexity index is 1320. The van der Waals surface area contributed by atoms with Gasteiger partial charge in [0.2, 0.25) is 0 Å². The van der Waals surface area contributed by atoms with Crippen LogP contribution in [0.5, 0.6) is 0 Å². The largest absolute Gasteiger partial charge is 0.544 e. The topological polar surface area (TPSA) is 72.9 Å². The Morgan fingerprint density at radius 2 is 1.53 bits per heavy atom. The lowest BCUT2D eigenvalue weighted by molar-refractivity contribution is -0.406. The quantitative estimate of drug-likeness (QED) is 0.229. The van der Waals surface area contributed by atoms with Gasteiger partial charge in [0.15, 0.2) is 5.78 Å². The summed E-state index contributed by atoms with van der Waals surface area (Å²) in [6, 6.07) is -0.535. The molecule has 0 bridgehead atoms. The summed E-state index contributed by atoms with van der Waals surface area (Å²) in [5.74, 6) is -0.726. The number of fused-ring (bicyclic) bond motifs is 7. The number of alkyl halides is 3. The lowest BCUT2D eigenvalue weighted by atomic mass is 9.33. The van der Waals surface area contributed by atoms with Gasteiger partial charge < -0.3 is 4.74 Å². The zero-order valence-electron chi connectivity index (χ0n) is 28.4. The molecule has 5 fully saturated rings. The number of rotatable bonds is 4. The summed E-state index contributed by atoms with van der Waals surface area (Å²) in [6.07, 6.45) is 4.73. The molecule has 9 heteroatoms. The molecule has 5 saturated carbocycles. The Balaban J connectivity index is 1.36. The minimum absolute atomic E-state index is 0.0747. The Kier molecular flexibility index (Phi) is 7.38. The van der Waals surface area contributed by atoms with Crippen molar-refractivity contribution >= 4 is 17.7 Å². The monoisotopic (exact) mass is 635 g/mol. The Hall–Kier alpha value is -1.90. The summed E-state index contributed by atoms with van der Waals surface area (Å²) in [6.45, 7) is 16.9. The van der Waals surface area contributed by atoms with Gasteiger partial charge >= 0.3 is 12.3 Å². The Labute approximate surface area is 266 Å². The van der Waals surface area contributed by atoms with Crippen LogP contribution in [0.3, 0.4) is 0 Å². The van der Waals surface area contributed by atoms with Gasteiger partial charge in [0.25, 0.3) is 5.91 Å². The second-order valence-electron chi connectivity index (χ2n) is 17.6. The van der Waals surface area contributed by atoms with Gasteiger partial charge in [-0.2, -0.15) is 4.84 Å². The number of hydroxylamine groups is 2. The van der Waals surface area contributed by atoms with E-state index in [2.05, 4.69) is 46.4 Å². The summed E-state index contributed by atoms with van der Waals surface area (Å²) in [4.78, 5) is 44.8. The molecule has 252 valence electrons. The van der Waals surface area contributed by atoms with Crippen LogP contribution in [0.25, 0.3) is 0 Å². The fourth-order valence-electron chi connectivity index (χ4n) is 11.7. The van der Waals surface area contributed by atoms with Crippen molar-refractivity contribution in [2.75, 3.05) is 0 Å². The van der Waals surface area contributed by atoms with E-state index in [1.807, 2.05) is 13.0 Å². The maximum absolute atomic E-state index is 14.6. The van der Waals surface area contributed by atoms with Crippen molar-refractivity contribution < 1.29 is 37.1 Å². The number of ketones is 1. The van der Waals surface area contributed by atoms with Gasteiger partial charge in [0, 0.05) is 23.7 Å². The van der Waals surface area contributed by atoms with Crippen LogP contribution in [-0.4, -0.2) is 41.2 Å². The normalized spacial score (nSPS) is 45.7. The average Bonchev–Trinajstić information content (AvgIpc) is 3.76. The van der Waals surface area contributed by atoms with Gasteiger partial charge in [-0.1, -0.05) is 54.0 Å². The van der Waals surface area contributed by atoms with Gasteiger partial charge in [-0.05, 0) is 110 Å². The van der Waals surface area contributed by atoms with Crippen molar-refractivity contribution in [2.24, 2.45) is 50.2 Å². The maximum Gasteiger partial charge on any atom is 0.544 e. The van der Waals surface area contributed by atoms with Crippen LogP contribution in [-0.2, 0) is 24.0 Å². The van der Waals surface area contributed by atoms with E-state index in [1.165, 1.54) is 6.92 Å². The van der Waals surface area contributed by atoms with Gasteiger partial charge in [-0.25, -0.2) is 5.06 Å². The second-order valence-corrected chi connectivity index (χ2v) is 17.6. The Morgan fingerprint density at radius 1 is 0.889 bits per heavy atom. The number of carbonyl (C=O) groups excluding carboxylic acids is 3. The number of hydrogen-bond acceptors (Lipinski definition) is 5. The summed E-state index contributed by atoms with van der Waals surface area (Å²) in [7, 11) is 0. The van der Waals surface area contributed by atoms with Gasteiger partial charge in [0.05, 0.1) is 6.04 Å². The fraction of sp³-hybridized carbons (Fsp3) is 0.861. The lowest BCUT2D eigenvalue weighted by Crippen LogP contribution is -2.67. The van der Waals surface area contributed by atoms with E-state index in [0.29, 0.717) is 30.7 Å². The first kappa shape index (κ1) is 33.0. The van der Waals surface area contributed by atoms with Crippen molar-refractivity contribution in [3.05, 3.63) is 11.6 Å². The van der Waals surface area contributed by atoms with Crippen LogP contribution >= 0.6 is 0 Å². The molecule has 6 aliphatic carbocycles. The third-order valence-corrected chi connectivity index (χ3v) is 14.6. The van der Waals surface area contributed by atoms with E-state index in [0.717, 1.165) is 50.5 Å². The number of allylic oxidation sites excluding steroid dienone is 2. The molecule has 0 saturated heterocycles. The molecule has 1 amide bonds. The first-order valence-corrected chi connectivity index (χ1v) is 17.1. The van der Waals surface area contributed by atoms with Crippen LogP contribution in [0.1, 0.15) is 126 Å². The molecule has 6 nitrogen and oxygen atoms in total. The highest BCUT2D eigenvalue weighted by Gasteiger charge is 2.70. The number of esters is 1. The van der Waals surface area contributed by atoms with E-state index in [-0.39, 0.29) is 62.7 Å². The Morgan fingerprint density at radius 3 is 2.13 bits per heavy atom. The molecule has 0 aromatic rings. The molecule has 0 spiro atoms. The van der Waals surface area contributed by atoms with E-state index in [4.69, 9.17) is 4.74 Å². The predicted octanol–water partition coefficient (Wildman–Crippen LogP) is 8.34. The SMILES string of the molecule is CC(=O)O[C@H]1CC[C@@]2(C)C(CC[C@]3(C)[C@@H]2C(=O)C=C2[C@@H]4C[C@@](C)(C(=O)N(OC(F)(F)F)C5CC5)CC[C@]4(C)CC[C@]23C)C1(C)C. The minimum Gasteiger partial charge on any atom is -0.462 e. The number of halogens is 3. The number of ether oxygens (including phenoxy) is 1. The molecule has 0 aliphatic heterocycles. The molecule has 0 radical (unpaired) electrons. The minimum atomic E-state index is -4.93. The smallest absolute Gasteiger partial charge is 0.462 e. The van der Waals surface area contributed by atoms with E-state index < -0.39 is 23.7 Å². The molecule has 6 aliphatic rings. The zero-order valence-corrected chi connectivity index (χ0v) is 28.4. The molecule has 1 unspecified atom stereocenters. The highest BCUT2D eigenvalue weighted by Crippen LogP contribution is 2.75. The third kappa shape index (κ3) is 4.85. The average molecular weight is 636 g/mol. The van der Waals surface area contributed by atoms with Crippen molar-refractivity contribution in [3.63, 3.8) is 0 Å². The number of nitrogens with zero attached hydrogens (tertiary/aromatic N) is 1. The third-order valence-electron chi connectivity index (χ3n) is 14.6. The predicted molar refractivity (Wildman–Crippen MR) is 162 cm³/mol. The number of carbonyl (C=O) groups is 3. The molecule has 0 heterocycles. The van der Waals surface area contributed by atoms with Crippen molar-refractivity contribution in [3.8, 4) is 0 Å². The standard InChI is InChI=1S/C36H52F3NO5/c1-21(41)44-27-12-13-33(6)26(30(27,2)3)11-14-35(8)28(33)25(42)19-23-24-20-32(5,16-15-31(24,4)17-18-34(23,35)7)29(43)40(22-9-10-22)45-36(37,38)39/h19,22,24,26-28H,9-18,20H2,1-8H3/t24-,26?,27-,28+,31+,32-,33-,34+,35+/m0/s1. The zero-order chi connectivity index (χ0) is 33.2. The lowest BCUT2D eigenvalue weighted by Gasteiger charge is -2.70. The number of amides is 1. The molecule has 45 heavy (non-hydrogen) atoms. The van der Waals surface area contributed by atoms with Crippen LogP contribution in [0.4, 0.5) is 13.2 Å². The van der Waals surface area contributed by atoms with Gasteiger partial charge in [-0.15, -0.1) is 13.2 Å². The molecule has 0 aromatic heterocycles. The highest BCUT2D eigenvalue weighted by atomic mass is 19.4. The molecular weight excluding hydrogens is 583 g/mol. The van der Waals surface area contributed by atoms with Crippen LogP contribution < -0.4 is 0 Å². The fourth-order valence-corrected chi connectivity index (χ4v) is 11.7. The van der Waals surface area contributed by atoms with Crippen molar-refractivity contribution in [2.45, 2.75) is 145 Å². The number of hydrogen-bond donors (Lipinski definition) is 0. The van der Waals surface area contributed by atoms with Crippen LogP contribution in [0.2, 0.25) is 0 Å². The van der Waals surface area contributed by atoms with Crippen molar-refractivity contribution in [1.82, 2.24) is 5.06 Å². The molecule has 0 aromatic carbocycles. The summed E-state index contributed by atoms with van der Waals surface area (Å²) in [5, 5.41) is 0.623. The summed E-state index contributed by atoms with van der Waals surface area (Å²) < 4.78 is 46.0. The second kappa shape index (κ2) is 10.1. The summed E-state index contributed by atoms with van der Waals surface area (Å²) >= 11 is 0. The first-order chi connectivity index (χ1) is 20.6. The van der Waals surface area contributed by atoms with E-state index in [1.54, 1.807) is 0 Å². The molecular formula is C36H52F3NO5.